The average Bonchev–Trinajstić information content (AvgIpc) is 2.73. The average molecular weight is 297 g/mol. The van der Waals surface area contributed by atoms with Gasteiger partial charge in [-0.15, -0.1) is 0 Å². The van der Waals surface area contributed by atoms with E-state index in [1.807, 2.05) is 13.8 Å². The minimum absolute atomic E-state index is 0.0276. The normalized spacial score (nSPS) is 21.2. The molecule has 0 aromatic carbocycles. The van der Waals surface area contributed by atoms with Crippen molar-refractivity contribution < 1.29 is 8.42 Å². The Morgan fingerprint density at radius 1 is 1.25 bits per heavy atom. The Kier molecular flexibility index (Phi) is 4.75. The first kappa shape index (κ1) is 15.4. The van der Waals surface area contributed by atoms with E-state index in [2.05, 4.69) is 22.2 Å². The second-order valence-electron chi connectivity index (χ2n) is 5.43. The standard InChI is InChI=1S/C14H23N3O2S/c1-4-15-7-5-13-10(2)16-14(17-11(13)3)12-6-8-20(18,19)9-12/h12,15H,4-9H2,1-3H3. The quantitative estimate of drug-likeness (QED) is 0.825. The van der Waals surface area contributed by atoms with Crippen LogP contribution >= 0.6 is 0 Å². The first-order valence-corrected chi connectivity index (χ1v) is 9.00. The molecule has 1 fully saturated rings. The number of likely N-dealkylation sites (N-methyl/N-ethyl adjacent to an activating group) is 1. The minimum Gasteiger partial charge on any atom is -0.317 e. The van der Waals surface area contributed by atoms with Crippen LogP contribution in [0.15, 0.2) is 0 Å². The highest BCUT2D eigenvalue weighted by molar-refractivity contribution is 7.91. The number of aryl methyl sites for hydroxylation is 2. The van der Waals surface area contributed by atoms with Crippen LogP contribution in [0.1, 0.15) is 42.0 Å². The van der Waals surface area contributed by atoms with Gasteiger partial charge in [-0.05, 0) is 45.3 Å². The summed E-state index contributed by atoms with van der Waals surface area (Å²) in [4.78, 5) is 9.11. The van der Waals surface area contributed by atoms with E-state index in [4.69, 9.17) is 0 Å². The molecule has 2 rings (SSSR count). The van der Waals surface area contributed by atoms with Crippen molar-refractivity contribution in [2.24, 2.45) is 0 Å². The highest BCUT2D eigenvalue weighted by Gasteiger charge is 2.31. The second-order valence-corrected chi connectivity index (χ2v) is 7.66. The molecule has 1 aliphatic heterocycles. The summed E-state index contributed by atoms with van der Waals surface area (Å²) in [5.74, 6) is 1.14. The van der Waals surface area contributed by atoms with Crippen molar-refractivity contribution in [1.82, 2.24) is 15.3 Å². The molecule has 0 amide bonds. The molecule has 112 valence electrons. The van der Waals surface area contributed by atoms with Crippen LogP contribution in [0.25, 0.3) is 0 Å². The molecule has 0 radical (unpaired) electrons. The van der Waals surface area contributed by atoms with Gasteiger partial charge in [-0.3, -0.25) is 0 Å². The van der Waals surface area contributed by atoms with E-state index >= 15 is 0 Å². The molecule has 6 heteroatoms. The van der Waals surface area contributed by atoms with Crippen LogP contribution in [-0.4, -0.2) is 43.0 Å². The summed E-state index contributed by atoms with van der Waals surface area (Å²) in [6.07, 6.45) is 1.56. The fraction of sp³-hybridized carbons (Fsp3) is 0.714. The summed E-state index contributed by atoms with van der Waals surface area (Å²) < 4.78 is 23.1. The Hall–Kier alpha value is -1.01. The summed E-state index contributed by atoms with van der Waals surface area (Å²) in [6, 6.07) is 0. The van der Waals surface area contributed by atoms with Gasteiger partial charge in [0.15, 0.2) is 9.84 Å². The Morgan fingerprint density at radius 3 is 2.40 bits per heavy atom. The minimum atomic E-state index is -2.89. The van der Waals surface area contributed by atoms with E-state index in [1.165, 1.54) is 5.56 Å². The summed E-state index contributed by atoms with van der Waals surface area (Å²) in [5, 5.41) is 3.30. The molecular weight excluding hydrogens is 274 g/mol. The van der Waals surface area contributed by atoms with Gasteiger partial charge in [-0.2, -0.15) is 0 Å². The summed E-state index contributed by atoms with van der Waals surface area (Å²) in [5.41, 5.74) is 3.14. The molecule has 1 saturated heterocycles. The second kappa shape index (κ2) is 6.18. The molecule has 0 aliphatic carbocycles. The maximum Gasteiger partial charge on any atom is 0.151 e. The number of sulfone groups is 1. The zero-order valence-electron chi connectivity index (χ0n) is 12.4. The first-order valence-electron chi connectivity index (χ1n) is 7.18. The van der Waals surface area contributed by atoms with Gasteiger partial charge in [0, 0.05) is 17.3 Å². The van der Waals surface area contributed by atoms with Crippen molar-refractivity contribution in [2.45, 2.75) is 39.5 Å². The number of nitrogens with one attached hydrogen (secondary N) is 1. The van der Waals surface area contributed by atoms with Gasteiger partial charge in [0.2, 0.25) is 0 Å². The maximum absolute atomic E-state index is 11.6. The van der Waals surface area contributed by atoms with Gasteiger partial charge in [0.25, 0.3) is 0 Å². The molecule has 1 aromatic heterocycles. The smallest absolute Gasteiger partial charge is 0.151 e. The lowest BCUT2D eigenvalue weighted by atomic mass is 10.1. The van der Waals surface area contributed by atoms with Gasteiger partial charge in [0.1, 0.15) is 5.82 Å². The Balaban J connectivity index is 2.18. The van der Waals surface area contributed by atoms with E-state index in [0.29, 0.717) is 12.2 Å². The lowest BCUT2D eigenvalue weighted by Gasteiger charge is -2.13. The van der Waals surface area contributed by atoms with E-state index in [1.54, 1.807) is 0 Å². The third-order valence-electron chi connectivity index (χ3n) is 3.84. The van der Waals surface area contributed by atoms with Crippen molar-refractivity contribution in [3.05, 3.63) is 22.8 Å². The summed E-state index contributed by atoms with van der Waals surface area (Å²) >= 11 is 0. The van der Waals surface area contributed by atoms with Crippen LogP contribution in [0.5, 0.6) is 0 Å². The molecule has 1 N–H and O–H groups in total. The largest absolute Gasteiger partial charge is 0.317 e. The molecule has 1 aliphatic rings. The Bertz CT molecular complexity index is 561. The Morgan fingerprint density at radius 2 is 1.90 bits per heavy atom. The third kappa shape index (κ3) is 3.55. The topological polar surface area (TPSA) is 72.0 Å². The van der Waals surface area contributed by atoms with Crippen LogP contribution in [0.3, 0.4) is 0 Å². The Labute approximate surface area is 121 Å². The number of nitrogens with zero attached hydrogens (tertiary/aromatic N) is 2. The van der Waals surface area contributed by atoms with Crippen LogP contribution in [0.2, 0.25) is 0 Å². The lowest BCUT2D eigenvalue weighted by molar-refractivity contribution is 0.601. The number of rotatable bonds is 5. The van der Waals surface area contributed by atoms with Crippen LogP contribution in [0, 0.1) is 13.8 Å². The van der Waals surface area contributed by atoms with Gasteiger partial charge in [-0.1, -0.05) is 6.92 Å². The zero-order chi connectivity index (χ0) is 14.8. The maximum atomic E-state index is 11.6. The highest BCUT2D eigenvalue weighted by Crippen LogP contribution is 2.27. The molecule has 1 atom stereocenters. The van der Waals surface area contributed by atoms with E-state index in [9.17, 15) is 8.42 Å². The summed E-state index contributed by atoms with van der Waals surface area (Å²) in [6.45, 7) is 7.93. The van der Waals surface area contributed by atoms with Crippen molar-refractivity contribution in [2.75, 3.05) is 24.6 Å². The van der Waals surface area contributed by atoms with Gasteiger partial charge in [0.05, 0.1) is 11.5 Å². The molecule has 2 heterocycles. The fourth-order valence-corrected chi connectivity index (χ4v) is 4.44. The highest BCUT2D eigenvalue weighted by atomic mass is 32.2. The number of hydrogen-bond donors (Lipinski definition) is 1. The van der Waals surface area contributed by atoms with Crippen molar-refractivity contribution in [3.8, 4) is 0 Å². The van der Waals surface area contributed by atoms with Crippen molar-refractivity contribution in [3.63, 3.8) is 0 Å². The molecule has 1 aromatic rings. The molecule has 5 nitrogen and oxygen atoms in total. The molecule has 1 unspecified atom stereocenters. The van der Waals surface area contributed by atoms with Crippen LogP contribution in [0.4, 0.5) is 0 Å². The fourth-order valence-electron chi connectivity index (χ4n) is 2.70. The number of aromatic nitrogens is 2. The SMILES string of the molecule is CCNCCc1c(C)nc(C2CCS(=O)(=O)C2)nc1C. The molecule has 0 spiro atoms. The molecule has 0 bridgehead atoms. The van der Waals surface area contributed by atoms with E-state index in [0.717, 1.165) is 30.9 Å². The molecular formula is C14H23N3O2S. The van der Waals surface area contributed by atoms with Crippen molar-refractivity contribution in [1.29, 1.82) is 0 Å². The van der Waals surface area contributed by atoms with Crippen LogP contribution < -0.4 is 5.32 Å². The molecule has 20 heavy (non-hydrogen) atoms. The van der Waals surface area contributed by atoms with Gasteiger partial charge < -0.3 is 5.32 Å². The summed E-state index contributed by atoms with van der Waals surface area (Å²) in [7, 11) is -2.89. The van der Waals surface area contributed by atoms with E-state index in [-0.39, 0.29) is 17.4 Å². The first-order chi connectivity index (χ1) is 9.43. The zero-order valence-corrected chi connectivity index (χ0v) is 13.3. The predicted octanol–water partition coefficient (Wildman–Crippen LogP) is 1.15. The van der Waals surface area contributed by atoms with Crippen molar-refractivity contribution >= 4 is 9.84 Å². The lowest BCUT2D eigenvalue weighted by Crippen LogP contribution is -2.18. The van der Waals surface area contributed by atoms with Gasteiger partial charge in [-0.25, -0.2) is 18.4 Å². The predicted molar refractivity (Wildman–Crippen MR) is 79.8 cm³/mol. The van der Waals surface area contributed by atoms with E-state index < -0.39 is 9.84 Å². The van der Waals surface area contributed by atoms with Gasteiger partial charge >= 0.3 is 0 Å². The van der Waals surface area contributed by atoms with Crippen LogP contribution in [-0.2, 0) is 16.3 Å². The monoisotopic (exact) mass is 297 g/mol. The number of hydrogen-bond acceptors (Lipinski definition) is 5. The third-order valence-corrected chi connectivity index (χ3v) is 5.61. The molecule has 0 saturated carbocycles.